The fourth-order valence-electron chi connectivity index (χ4n) is 6.65. The molecule has 0 aromatic heterocycles. The van der Waals surface area contributed by atoms with Crippen LogP contribution < -0.4 is 0 Å². The van der Waals surface area contributed by atoms with Gasteiger partial charge in [0.2, 0.25) is 0 Å². The van der Waals surface area contributed by atoms with Gasteiger partial charge in [-0.25, -0.2) is 0 Å². The van der Waals surface area contributed by atoms with E-state index in [1.165, 1.54) is 116 Å². The molecule has 1 rings (SSSR count). The van der Waals surface area contributed by atoms with Crippen LogP contribution in [0.3, 0.4) is 0 Å². The number of carbonyl (C=O) groups is 2. The first-order valence-electron chi connectivity index (χ1n) is 21.8. The molecular formula is C43H80O10. The van der Waals surface area contributed by atoms with E-state index in [0.717, 1.165) is 44.9 Å². The number of ether oxygens (including phenoxy) is 4. The van der Waals surface area contributed by atoms with Crippen LogP contribution in [0, 0.1) is 0 Å². The van der Waals surface area contributed by atoms with E-state index in [1.54, 1.807) is 0 Å². The monoisotopic (exact) mass is 757 g/mol. The van der Waals surface area contributed by atoms with Crippen LogP contribution in [0.1, 0.15) is 194 Å². The normalized spacial score (nSPS) is 20.9. The van der Waals surface area contributed by atoms with Crippen molar-refractivity contribution in [1.82, 2.24) is 0 Å². The number of hydrogen-bond donors (Lipinski definition) is 4. The zero-order valence-electron chi connectivity index (χ0n) is 33.8. The minimum atomic E-state index is -1.59. The van der Waals surface area contributed by atoms with Gasteiger partial charge in [0.1, 0.15) is 31.0 Å². The van der Waals surface area contributed by atoms with Crippen molar-refractivity contribution in [2.75, 3.05) is 19.8 Å². The molecule has 53 heavy (non-hydrogen) atoms. The number of carbonyl (C=O) groups excluding carboxylic acids is 2. The summed E-state index contributed by atoms with van der Waals surface area (Å²) in [4.78, 5) is 25.3. The lowest BCUT2D eigenvalue weighted by Crippen LogP contribution is -2.59. The SMILES string of the molecule is CCCCCC/C=C\CCCCCCCCCC(=O)O[C@H](COC(=O)CCCCCCCCCCCCCCC)CO[C@H]1O[C@H](CO)[C@@H](O)[C@H](O)[C@H]1O. The van der Waals surface area contributed by atoms with Crippen LogP contribution in [0.4, 0.5) is 0 Å². The molecule has 0 bridgehead atoms. The molecule has 0 aromatic carbocycles. The van der Waals surface area contributed by atoms with Crippen molar-refractivity contribution in [2.24, 2.45) is 0 Å². The number of allylic oxidation sites excluding steroid dienone is 2. The molecule has 1 aliphatic heterocycles. The Morgan fingerprint density at radius 1 is 0.566 bits per heavy atom. The third-order valence-corrected chi connectivity index (χ3v) is 10.2. The molecule has 0 spiro atoms. The average Bonchev–Trinajstić information content (AvgIpc) is 3.15. The Bertz CT molecular complexity index is 881. The molecule has 1 heterocycles. The van der Waals surface area contributed by atoms with Crippen molar-refractivity contribution in [2.45, 2.75) is 230 Å². The Hall–Kier alpha value is -1.56. The molecule has 10 nitrogen and oxygen atoms in total. The zero-order chi connectivity index (χ0) is 38.8. The maximum absolute atomic E-state index is 12.7. The second kappa shape index (κ2) is 34.9. The molecule has 10 heteroatoms. The average molecular weight is 757 g/mol. The second-order valence-corrected chi connectivity index (χ2v) is 15.2. The van der Waals surface area contributed by atoms with Gasteiger partial charge in [0, 0.05) is 12.8 Å². The largest absolute Gasteiger partial charge is 0.462 e. The molecule has 4 N–H and O–H groups in total. The number of hydrogen-bond acceptors (Lipinski definition) is 10. The smallest absolute Gasteiger partial charge is 0.306 e. The standard InChI is InChI=1S/C43H80O10/c1-3-5-7-9-11-13-15-17-18-20-22-24-26-28-30-32-39(46)52-36(35-51-43-42(49)41(48)40(47)37(33-44)53-43)34-50-38(45)31-29-27-25-23-21-19-16-14-12-10-8-6-4-2/h13,15,36-37,40-44,47-49H,3-12,14,16-35H2,1-2H3/b15-13-/t36-,37-,40-,41+,42-,43+/m1/s1. The molecule has 1 fully saturated rings. The highest BCUT2D eigenvalue weighted by Crippen LogP contribution is 2.23. The number of unbranched alkanes of at least 4 members (excludes halogenated alkanes) is 23. The zero-order valence-corrected chi connectivity index (χ0v) is 33.8. The lowest BCUT2D eigenvalue weighted by molar-refractivity contribution is -0.305. The van der Waals surface area contributed by atoms with Crippen molar-refractivity contribution in [1.29, 1.82) is 0 Å². The summed E-state index contributed by atoms with van der Waals surface area (Å²) in [6.45, 7) is 3.41. The van der Waals surface area contributed by atoms with Gasteiger partial charge in [-0.05, 0) is 38.5 Å². The van der Waals surface area contributed by atoms with E-state index in [0.29, 0.717) is 6.42 Å². The van der Waals surface area contributed by atoms with Crippen molar-refractivity contribution in [3.63, 3.8) is 0 Å². The Balaban J connectivity index is 2.34. The highest BCUT2D eigenvalue weighted by Gasteiger charge is 2.44. The van der Waals surface area contributed by atoms with E-state index in [1.807, 2.05) is 0 Å². The summed E-state index contributed by atoms with van der Waals surface area (Å²) in [5, 5.41) is 40.0. The van der Waals surface area contributed by atoms with Crippen LogP contribution >= 0.6 is 0 Å². The number of aliphatic hydroxyl groups excluding tert-OH is 4. The maximum Gasteiger partial charge on any atom is 0.306 e. The lowest BCUT2D eigenvalue weighted by Gasteiger charge is -2.39. The van der Waals surface area contributed by atoms with Gasteiger partial charge in [-0.1, -0.05) is 154 Å². The molecule has 1 aliphatic rings. The molecule has 0 unspecified atom stereocenters. The van der Waals surface area contributed by atoms with Gasteiger partial charge in [0.25, 0.3) is 0 Å². The first-order chi connectivity index (χ1) is 25.8. The summed E-state index contributed by atoms with van der Waals surface area (Å²) in [6, 6.07) is 0. The van der Waals surface area contributed by atoms with Crippen molar-refractivity contribution in [3.8, 4) is 0 Å². The van der Waals surface area contributed by atoms with Gasteiger partial charge in [0.05, 0.1) is 13.2 Å². The van der Waals surface area contributed by atoms with Crippen molar-refractivity contribution >= 4 is 11.9 Å². The van der Waals surface area contributed by atoms with Crippen LogP contribution in [0.2, 0.25) is 0 Å². The summed E-state index contributed by atoms with van der Waals surface area (Å²) in [7, 11) is 0. The summed E-state index contributed by atoms with van der Waals surface area (Å²) < 4.78 is 22.1. The molecule has 0 amide bonds. The topological polar surface area (TPSA) is 152 Å². The molecular weight excluding hydrogens is 676 g/mol. The summed E-state index contributed by atoms with van der Waals surface area (Å²) >= 11 is 0. The molecule has 6 atom stereocenters. The van der Waals surface area contributed by atoms with Gasteiger partial charge in [0.15, 0.2) is 12.4 Å². The molecule has 312 valence electrons. The predicted molar refractivity (Wildman–Crippen MR) is 210 cm³/mol. The fourth-order valence-corrected chi connectivity index (χ4v) is 6.65. The predicted octanol–water partition coefficient (Wildman–Crippen LogP) is 8.78. The Morgan fingerprint density at radius 2 is 1.00 bits per heavy atom. The number of rotatable bonds is 36. The molecule has 0 aromatic rings. The van der Waals surface area contributed by atoms with Gasteiger partial charge >= 0.3 is 11.9 Å². The van der Waals surface area contributed by atoms with Gasteiger partial charge < -0.3 is 39.4 Å². The Morgan fingerprint density at radius 3 is 1.49 bits per heavy atom. The molecule has 0 saturated carbocycles. The van der Waals surface area contributed by atoms with Crippen LogP contribution in [0.5, 0.6) is 0 Å². The first kappa shape index (κ1) is 49.5. The molecule has 0 radical (unpaired) electrons. The Kier molecular flexibility index (Phi) is 32.6. The summed E-state index contributed by atoms with van der Waals surface area (Å²) in [5.41, 5.74) is 0. The highest BCUT2D eigenvalue weighted by atomic mass is 16.7. The first-order valence-corrected chi connectivity index (χ1v) is 21.8. The van der Waals surface area contributed by atoms with Crippen molar-refractivity contribution in [3.05, 3.63) is 12.2 Å². The van der Waals surface area contributed by atoms with Crippen molar-refractivity contribution < 1.29 is 49.0 Å². The third kappa shape index (κ3) is 26.8. The van der Waals surface area contributed by atoms with E-state index in [9.17, 15) is 30.0 Å². The van der Waals surface area contributed by atoms with Gasteiger partial charge in [-0.3, -0.25) is 9.59 Å². The summed E-state index contributed by atoms with van der Waals surface area (Å²) in [5.74, 6) is -0.804. The van der Waals surface area contributed by atoms with E-state index < -0.39 is 49.4 Å². The molecule has 1 saturated heterocycles. The Labute approximate surface area is 322 Å². The third-order valence-electron chi connectivity index (χ3n) is 10.2. The van der Waals surface area contributed by atoms with Gasteiger partial charge in [-0.2, -0.15) is 0 Å². The minimum absolute atomic E-state index is 0.214. The van der Waals surface area contributed by atoms with E-state index in [-0.39, 0.29) is 32.0 Å². The maximum atomic E-state index is 12.7. The van der Waals surface area contributed by atoms with E-state index >= 15 is 0 Å². The molecule has 0 aliphatic carbocycles. The van der Waals surface area contributed by atoms with Crippen LogP contribution in [-0.2, 0) is 28.5 Å². The fraction of sp³-hybridized carbons (Fsp3) is 0.907. The minimum Gasteiger partial charge on any atom is -0.462 e. The van der Waals surface area contributed by atoms with E-state index in [4.69, 9.17) is 18.9 Å². The number of aliphatic hydroxyl groups is 4. The second-order valence-electron chi connectivity index (χ2n) is 15.2. The highest BCUT2D eigenvalue weighted by molar-refractivity contribution is 5.70. The van der Waals surface area contributed by atoms with Crippen LogP contribution in [0.15, 0.2) is 12.2 Å². The van der Waals surface area contributed by atoms with E-state index in [2.05, 4.69) is 26.0 Å². The summed E-state index contributed by atoms with van der Waals surface area (Å²) in [6.07, 6.45) is 27.8. The lowest BCUT2D eigenvalue weighted by atomic mass is 9.99. The number of esters is 2. The quantitative estimate of drug-likeness (QED) is 0.0277. The van der Waals surface area contributed by atoms with Gasteiger partial charge in [-0.15, -0.1) is 0 Å². The van der Waals surface area contributed by atoms with Crippen LogP contribution in [-0.4, -0.2) is 89.0 Å². The van der Waals surface area contributed by atoms with Crippen LogP contribution in [0.25, 0.3) is 0 Å².